The van der Waals surface area contributed by atoms with Crippen molar-refractivity contribution < 1.29 is 9.18 Å². The van der Waals surface area contributed by atoms with Gasteiger partial charge in [-0.15, -0.1) is 0 Å². The van der Waals surface area contributed by atoms with Gasteiger partial charge in [-0.25, -0.2) is 4.39 Å². The third-order valence-corrected chi connectivity index (χ3v) is 8.85. The Bertz CT molecular complexity index is 959. The van der Waals surface area contributed by atoms with Crippen LogP contribution in [0.25, 0.3) is 11.1 Å². The Balaban J connectivity index is 1.25. The maximum absolute atomic E-state index is 14.7. The van der Waals surface area contributed by atoms with Crippen LogP contribution in [0.3, 0.4) is 0 Å². The lowest BCUT2D eigenvalue weighted by atomic mass is 9.89. The summed E-state index contributed by atoms with van der Waals surface area (Å²) < 4.78 is 14.7. The van der Waals surface area contributed by atoms with Crippen molar-refractivity contribution in [2.24, 2.45) is 5.92 Å². The standard InChI is InChI=1S/C32H45FN2O/c1-4-30-8-7-21-35(30)31(36)29-17-15-28(16-18-29)27-13-11-25(12-14-27)9-10-26-19-22-34(23-20-26)24-32(33,5-2)6-3/h11-18,26,30H,4-10,19-24H2,1-3H3. The lowest BCUT2D eigenvalue weighted by Crippen LogP contribution is -2.43. The molecule has 0 aliphatic carbocycles. The molecule has 1 unspecified atom stereocenters. The molecule has 0 saturated carbocycles. The monoisotopic (exact) mass is 492 g/mol. The second-order valence-corrected chi connectivity index (χ2v) is 11.1. The van der Waals surface area contributed by atoms with Gasteiger partial charge >= 0.3 is 0 Å². The van der Waals surface area contributed by atoms with E-state index in [0.717, 1.165) is 62.4 Å². The molecule has 0 bridgehead atoms. The fraction of sp³-hybridized carbons (Fsp3) is 0.594. The molecule has 4 rings (SSSR count). The van der Waals surface area contributed by atoms with E-state index in [2.05, 4.69) is 53.1 Å². The summed E-state index contributed by atoms with van der Waals surface area (Å²) in [6, 6.07) is 17.4. The van der Waals surface area contributed by atoms with E-state index in [1.165, 1.54) is 30.4 Å². The molecule has 0 aromatic heterocycles. The van der Waals surface area contributed by atoms with Crippen LogP contribution >= 0.6 is 0 Å². The molecular formula is C32H45FN2O. The summed E-state index contributed by atoms with van der Waals surface area (Å²) in [5.74, 6) is 0.915. The highest BCUT2D eigenvalue weighted by molar-refractivity contribution is 5.95. The number of nitrogens with zero attached hydrogens (tertiary/aromatic N) is 2. The van der Waals surface area contributed by atoms with E-state index in [1.54, 1.807) is 0 Å². The first-order valence-corrected chi connectivity index (χ1v) is 14.4. The molecule has 2 fully saturated rings. The minimum atomic E-state index is -1.02. The molecule has 196 valence electrons. The molecule has 1 atom stereocenters. The molecule has 1 amide bonds. The van der Waals surface area contributed by atoms with Crippen molar-refractivity contribution in [1.29, 1.82) is 0 Å². The molecule has 4 heteroatoms. The number of hydrogen-bond acceptors (Lipinski definition) is 2. The third-order valence-electron chi connectivity index (χ3n) is 8.85. The van der Waals surface area contributed by atoms with Crippen molar-refractivity contribution in [2.45, 2.75) is 90.3 Å². The van der Waals surface area contributed by atoms with E-state index in [-0.39, 0.29) is 5.91 Å². The molecule has 2 heterocycles. The topological polar surface area (TPSA) is 23.6 Å². The van der Waals surface area contributed by atoms with Crippen LogP contribution in [-0.4, -0.2) is 53.6 Å². The zero-order valence-corrected chi connectivity index (χ0v) is 22.6. The Kier molecular flexibility index (Phi) is 9.22. The quantitative estimate of drug-likeness (QED) is 0.342. The normalized spacial score (nSPS) is 19.7. The lowest BCUT2D eigenvalue weighted by Gasteiger charge is -2.36. The van der Waals surface area contributed by atoms with Gasteiger partial charge in [0.05, 0.1) is 0 Å². The minimum absolute atomic E-state index is 0.173. The van der Waals surface area contributed by atoms with Crippen molar-refractivity contribution in [3.8, 4) is 11.1 Å². The molecule has 2 aliphatic rings. The van der Waals surface area contributed by atoms with Crippen molar-refractivity contribution in [1.82, 2.24) is 9.80 Å². The van der Waals surface area contributed by atoms with Gasteiger partial charge in [0.25, 0.3) is 5.91 Å². The molecule has 0 N–H and O–H groups in total. The fourth-order valence-electron chi connectivity index (χ4n) is 6.04. The molecule has 2 aliphatic heterocycles. The Morgan fingerprint density at radius 2 is 1.50 bits per heavy atom. The summed E-state index contributed by atoms with van der Waals surface area (Å²) in [6.45, 7) is 9.65. The summed E-state index contributed by atoms with van der Waals surface area (Å²) in [5.41, 5.74) is 3.51. The third kappa shape index (κ3) is 6.56. The molecule has 0 radical (unpaired) electrons. The molecule has 2 saturated heterocycles. The van der Waals surface area contributed by atoms with Crippen LogP contribution in [0.4, 0.5) is 4.39 Å². The van der Waals surface area contributed by atoms with Gasteiger partial charge in [0, 0.05) is 24.7 Å². The highest BCUT2D eigenvalue weighted by Gasteiger charge is 2.30. The number of alkyl halides is 1. The second kappa shape index (κ2) is 12.4. The van der Waals surface area contributed by atoms with E-state index in [9.17, 15) is 9.18 Å². The number of carbonyl (C=O) groups is 1. The average molecular weight is 493 g/mol. The van der Waals surface area contributed by atoms with E-state index >= 15 is 0 Å². The number of amides is 1. The number of hydrogen-bond donors (Lipinski definition) is 0. The molecular weight excluding hydrogens is 447 g/mol. The predicted molar refractivity (Wildman–Crippen MR) is 148 cm³/mol. The van der Waals surface area contributed by atoms with Gasteiger partial charge in [0.1, 0.15) is 5.67 Å². The minimum Gasteiger partial charge on any atom is -0.336 e. The molecule has 2 aromatic rings. The number of aryl methyl sites for hydroxylation is 1. The van der Waals surface area contributed by atoms with Crippen molar-refractivity contribution in [3.63, 3.8) is 0 Å². The molecule has 36 heavy (non-hydrogen) atoms. The number of rotatable bonds is 10. The summed E-state index contributed by atoms with van der Waals surface area (Å²) >= 11 is 0. The average Bonchev–Trinajstić information content (AvgIpc) is 3.42. The Labute approximate surface area is 218 Å². The predicted octanol–water partition coefficient (Wildman–Crippen LogP) is 7.54. The van der Waals surface area contributed by atoms with E-state index in [4.69, 9.17) is 0 Å². The Hall–Kier alpha value is -2.20. The largest absolute Gasteiger partial charge is 0.336 e. The number of halogens is 1. The first kappa shape index (κ1) is 26.9. The van der Waals surface area contributed by atoms with Gasteiger partial charge in [-0.05, 0) is 106 Å². The highest BCUT2D eigenvalue weighted by Crippen LogP contribution is 2.28. The SMILES string of the molecule is CCC1CCCN1C(=O)c1ccc(-c2ccc(CCC3CCN(CC(F)(CC)CC)CC3)cc2)cc1. The van der Waals surface area contributed by atoms with Gasteiger partial charge < -0.3 is 9.80 Å². The van der Waals surface area contributed by atoms with Crippen LogP contribution in [0, 0.1) is 5.92 Å². The maximum atomic E-state index is 14.7. The Morgan fingerprint density at radius 3 is 2.08 bits per heavy atom. The van der Waals surface area contributed by atoms with Crippen LogP contribution in [0.2, 0.25) is 0 Å². The number of piperidine rings is 1. The summed E-state index contributed by atoms with van der Waals surface area (Å²) in [7, 11) is 0. The van der Waals surface area contributed by atoms with Crippen LogP contribution in [-0.2, 0) is 6.42 Å². The second-order valence-electron chi connectivity index (χ2n) is 11.1. The number of carbonyl (C=O) groups excluding carboxylic acids is 1. The summed E-state index contributed by atoms with van der Waals surface area (Å²) in [6.07, 6.45) is 9.18. The number of benzene rings is 2. The highest BCUT2D eigenvalue weighted by atomic mass is 19.1. The Morgan fingerprint density at radius 1 is 0.889 bits per heavy atom. The lowest BCUT2D eigenvalue weighted by molar-refractivity contribution is 0.0628. The van der Waals surface area contributed by atoms with E-state index < -0.39 is 5.67 Å². The van der Waals surface area contributed by atoms with Crippen molar-refractivity contribution in [2.75, 3.05) is 26.2 Å². The first-order valence-electron chi connectivity index (χ1n) is 14.4. The van der Waals surface area contributed by atoms with Crippen LogP contribution in [0.1, 0.15) is 88.1 Å². The van der Waals surface area contributed by atoms with E-state index in [0.29, 0.717) is 25.4 Å². The molecule has 2 aromatic carbocycles. The van der Waals surface area contributed by atoms with Gasteiger partial charge in [0.15, 0.2) is 0 Å². The van der Waals surface area contributed by atoms with Gasteiger partial charge in [0.2, 0.25) is 0 Å². The molecule has 0 spiro atoms. The van der Waals surface area contributed by atoms with Gasteiger partial charge in [-0.1, -0.05) is 57.2 Å². The zero-order valence-electron chi connectivity index (χ0n) is 22.6. The summed E-state index contributed by atoms with van der Waals surface area (Å²) in [5, 5.41) is 0. The van der Waals surface area contributed by atoms with Crippen LogP contribution in [0.15, 0.2) is 48.5 Å². The zero-order chi connectivity index (χ0) is 25.5. The van der Waals surface area contributed by atoms with Crippen molar-refractivity contribution in [3.05, 3.63) is 59.7 Å². The van der Waals surface area contributed by atoms with Gasteiger partial charge in [-0.2, -0.15) is 0 Å². The maximum Gasteiger partial charge on any atom is 0.254 e. The fourth-order valence-corrected chi connectivity index (χ4v) is 6.04. The van der Waals surface area contributed by atoms with Gasteiger partial charge in [-0.3, -0.25) is 4.79 Å². The summed E-state index contributed by atoms with van der Waals surface area (Å²) in [4.78, 5) is 17.3. The van der Waals surface area contributed by atoms with Crippen LogP contribution in [0.5, 0.6) is 0 Å². The smallest absolute Gasteiger partial charge is 0.254 e. The van der Waals surface area contributed by atoms with Crippen molar-refractivity contribution >= 4 is 5.91 Å². The van der Waals surface area contributed by atoms with Crippen LogP contribution < -0.4 is 0 Å². The number of likely N-dealkylation sites (tertiary alicyclic amines) is 2. The molecule has 3 nitrogen and oxygen atoms in total. The van der Waals surface area contributed by atoms with E-state index in [1.807, 2.05) is 26.0 Å². The first-order chi connectivity index (χ1) is 17.4.